The summed E-state index contributed by atoms with van der Waals surface area (Å²) < 4.78 is 5.66. The zero-order chi connectivity index (χ0) is 18.1. The van der Waals surface area contributed by atoms with Gasteiger partial charge in [-0.3, -0.25) is 9.69 Å². The Kier molecular flexibility index (Phi) is 6.12. The van der Waals surface area contributed by atoms with Crippen LogP contribution in [0.1, 0.15) is 57.8 Å². The van der Waals surface area contributed by atoms with Crippen LogP contribution < -0.4 is 0 Å². The van der Waals surface area contributed by atoms with Crippen LogP contribution in [0.15, 0.2) is 0 Å². The second kappa shape index (κ2) is 8.36. The van der Waals surface area contributed by atoms with Crippen LogP contribution in [0.25, 0.3) is 0 Å². The van der Waals surface area contributed by atoms with E-state index >= 15 is 0 Å². The molecule has 0 aromatic rings. The van der Waals surface area contributed by atoms with Crippen molar-refractivity contribution < 1.29 is 9.53 Å². The lowest BCUT2D eigenvalue weighted by Crippen LogP contribution is -2.55. The zero-order valence-corrected chi connectivity index (χ0v) is 17.0. The van der Waals surface area contributed by atoms with Gasteiger partial charge in [-0.2, -0.15) is 0 Å². The van der Waals surface area contributed by atoms with Crippen molar-refractivity contribution >= 4 is 17.5 Å². The molecule has 4 unspecified atom stereocenters. The van der Waals surface area contributed by atoms with Crippen molar-refractivity contribution in [3.63, 3.8) is 0 Å². The molecule has 1 aliphatic carbocycles. The molecule has 1 amide bonds. The summed E-state index contributed by atoms with van der Waals surface area (Å²) in [7, 11) is 2.26. The van der Waals surface area contributed by atoms with Gasteiger partial charge in [-0.25, -0.2) is 0 Å². The van der Waals surface area contributed by atoms with Gasteiger partial charge in [0.25, 0.3) is 0 Å². The fourth-order valence-corrected chi connectivity index (χ4v) is 6.42. The van der Waals surface area contributed by atoms with Crippen molar-refractivity contribution in [1.82, 2.24) is 9.80 Å². The van der Waals surface area contributed by atoms with E-state index in [0.29, 0.717) is 41.8 Å². The first-order chi connectivity index (χ1) is 12.6. The van der Waals surface area contributed by atoms with Crippen molar-refractivity contribution in [1.29, 1.82) is 0 Å². The molecule has 4 atom stereocenters. The molecule has 4 fully saturated rings. The monoisotopic (exact) mass is 382 g/mol. The number of hydrogen-bond donors (Lipinski definition) is 0. The smallest absolute Gasteiger partial charge is 0.227 e. The molecule has 0 N–H and O–H groups in total. The lowest BCUT2D eigenvalue weighted by atomic mass is 9.68. The van der Waals surface area contributed by atoms with E-state index in [0.717, 1.165) is 45.4 Å². The van der Waals surface area contributed by atoms with Crippen LogP contribution in [0.5, 0.6) is 0 Å². The minimum atomic E-state index is 0.190. The van der Waals surface area contributed by atoms with Crippen LogP contribution in [0.2, 0.25) is 0 Å². The molecule has 0 aromatic carbocycles. The Hall–Kier alpha value is -0.320. The van der Waals surface area contributed by atoms with Gasteiger partial charge in [0.05, 0.1) is 12.5 Å². The highest BCUT2D eigenvalue weighted by Crippen LogP contribution is 2.48. The predicted octanol–water partition coefficient (Wildman–Crippen LogP) is 3.52. The second-order valence-electron chi connectivity index (χ2n) is 9.05. The average molecular weight is 383 g/mol. The van der Waals surface area contributed by atoms with Crippen LogP contribution in [0.3, 0.4) is 0 Å². The molecule has 148 valence electrons. The molecule has 3 saturated heterocycles. The van der Waals surface area contributed by atoms with Gasteiger partial charge in [0.15, 0.2) is 0 Å². The van der Waals surface area contributed by atoms with Crippen molar-refractivity contribution in [2.75, 3.05) is 33.4 Å². The maximum Gasteiger partial charge on any atom is 0.227 e. The summed E-state index contributed by atoms with van der Waals surface area (Å²) in [4.78, 5) is 18.4. The number of hydrogen-bond acceptors (Lipinski definition) is 3. The summed E-state index contributed by atoms with van der Waals surface area (Å²) in [5.74, 6) is 1.87. The molecule has 5 heteroatoms. The third-order valence-electron chi connectivity index (χ3n) is 7.69. The first-order valence-corrected chi connectivity index (χ1v) is 11.3. The van der Waals surface area contributed by atoms with E-state index in [1.807, 2.05) is 0 Å². The minimum Gasteiger partial charge on any atom is -0.380 e. The summed E-state index contributed by atoms with van der Waals surface area (Å²) >= 11 is 6.37. The number of piperidine rings is 1. The summed E-state index contributed by atoms with van der Waals surface area (Å²) in [5.41, 5.74) is 0. The molecular weight excluding hydrogens is 348 g/mol. The Morgan fingerprint density at radius 1 is 1.00 bits per heavy atom. The maximum absolute atomic E-state index is 13.7. The van der Waals surface area contributed by atoms with Crippen LogP contribution in [-0.4, -0.2) is 66.5 Å². The summed E-state index contributed by atoms with van der Waals surface area (Å²) in [5, 5.41) is 0.356. The molecule has 0 aromatic heterocycles. The predicted molar refractivity (Wildman–Crippen MR) is 104 cm³/mol. The molecule has 1 saturated carbocycles. The van der Waals surface area contributed by atoms with E-state index in [-0.39, 0.29) is 5.92 Å². The fourth-order valence-electron chi connectivity index (χ4n) is 6.17. The SMILES string of the molecule is CN1C2CCC1C(C(=O)N1CCCCOCC1)C(C1CCC(Cl)CC1)C2. The number of ether oxygens (including phenoxy) is 1. The van der Waals surface area contributed by atoms with Gasteiger partial charge in [0, 0.05) is 37.2 Å². The molecule has 4 rings (SSSR count). The summed E-state index contributed by atoms with van der Waals surface area (Å²) in [6.45, 7) is 3.24. The number of carbonyl (C=O) groups excluding carboxylic acids is 1. The zero-order valence-electron chi connectivity index (χ0n) is 16.2. The van der Waals surface area contributed by atoms with Gasteiger partial charge >= 0.3 is 0 Å². The molecule has 4 aliphatic rings. The number of halogens is 1. The first kappa shape index (κ1) is 19.0. The molecule has 26 heavy (non-hydrogen) atoms. The van der Waals surface area contributed by atoms with Crippen molar-refractivity contribution in [2.24, 2.45) is 17.8 Å². The quantitative estimate of drug-likeness (QED) is 0.685. The lowest BCUT2D eigenvalue weighted by Gasteiger charge is -2.47. The highest BCUT2D eigenvalue weighted by Gasteiger charge is 2.51. The van der Waals surface area contributed by atoms with Gasteiger partial charge in [-0.05, 0) is 76.7 Å². The molecule has 4 nitrogen and oxygen atoms in total. The number of rotatable bonds is 2. The number of fused-ring (bicyclic) bond motifs is 2. The molecule has 0 radical (unpaired) electrons. The Bertz CT molecular complexity index is 486. The number of alkyl halides is 1. The Morgan fingerprint density at radius 2 is 1.81 bits per heavy atom. The Balaban J connectivity index is 1.53. The van der Waals surface area contributed by atoms with E-state index in [2.05, 4.69) is 16.8 Å². The topological polar surface area (TPSA) is 32.8 Å². The Morgan fingerprint density at radius 3 is 2.62 bits per heavy atom. The average Bonchev–Trinajstić information content (AvgIpc) is 2.85. The van der Waals surface area contributed by atoms with Crippen LogP contribution in [0.4, 0.5) is 0 Å². The summed E-state index contributed by atoms with van der Waals surface area (Å²) in [6, 6.07) is 1.14. The third-order valence-corrected chi connectivity index (χ3v) is 8.13. The van der Waals surface area contributed by atoms with Gasteiger partial charge in [-0.1, -0.05) is 0 Å². The molecular formula is C21H35ClN2O2. The lowest BCUT2D eigenvalue weighted by molar-refractivity contribution is -0.145. The van der Waals surface area contributed by atoms with E-state index in [1.165, 1.54) is 32.1 Å². The number of carbonyl (C=O) groups is 1. The first-order valence-electron chi connectivity index (χ1n) is 10.9. The summed E-state index contributed by atoms with van der Waals surface area (Å²) in [6.07, 6.45) is 10.5. The number of nitrogens with zero attached hydrogens (tertiary/aromatic N) is 2. The van der Waals surface area contributed by atoms with Gasteiger partial charge in [-0.15, -0.1) is 11.6 Å². The van der Waals surface area contributed by atoms with Gasteiger partial charge in [0.2, 0.25) is 5.91 Å². The van der Waals surface area contributed by atoms with Gasteiger partial charge in [0.1, 0.15) is 0 Å². The molecule has 3 heterocycles. The van der Waals surface area contributed by atoms with Crippen LogP contribution >= 0.6 is 11.6 Å². The normalized spacial score (nSPS) is 42.3. The highest BCUT2D eigenvalue weighted by atomic mass is 35.5. The molecule has 3 aliphatic heterocycles. The van der Waals surface area contributed by atoms with Crippen molar-refractivity contribution in [2.45, 2.75) is 75.2 Å². The standard InChI is InChI=1S/C21H35ClN2O2/c1-23-17-8-9-19(23)20(18(14-17)15-4-6-16(22)7-5-15)21(25)24-10-2-3-12-26-13-11-24/h15-20H,2-14H2,1H3. The van der Waals surface area contributed by atoms with E-state index in [9.17, 15) is 4.79 Å². The Labute approximate surface area is 163 Å². The van der Waals surface area contributed by atoms with Crippen LogP contribution in [-0.2, 0) is 9.53 Å². The van der Waals surface area contributed by atoms with E-state index in [1.54, 1.807) is 0 Å². The molecule has 0 spiro atoms. The van der Waals surface area contributed by atoms with Gasteiger partial charge < -0.3 is 9.64 Å². The fraction of sp³-hybridized carbons (Fsp3) is 0.952. The largest absolute Gasteiger partial charge is 0.380 e. The highest BCUT2D eigenvalue weighted by molar-refractivity contribution is 6.20. The van der Waals surface area contributed by atoms with Crippen molar-refractivity contribution in [3.05, 3.63) is 0 Å². The minimum absolute atomic E-state index is 0.190. The number of amides is 1. The second-order valence-corrected chi connectivity index (χ2v) is 9.66. The van der Waals surface area contributed by atoms with E-state index in [4.69, 9.17) is 16.3 Å². The maximum atomic E-state index is 13.7. The van der Waals surface area contributed by atoms with E-state index < -0.39 is 0 Å². The molecule has 2 bridgehead atoms. The van der Waals surface area contributed by atoms with Crippen molar-refractivity contribution in [3.8, 4) is 0 Å². The third kappa shape index (κ3) is 3.79. The van der Waals surface area contributed by atoms with Crippen LogP contribution in [0, 0.1) is 17.8 Å².